The summed E-state index contributed by atoms with van der Waals surface area (Å²) in [6, 6.07) is 13.9. The Morgan fingerprint density at radius 2 is 1.90 bits per heavy atom. The number of carbonyl (C=O) groups is 1. The van der Waals surface area contributed by atoms with Crippen LogP contribution < -0.4 is 0 Å². The minimum absolute atomic E-state index is 0.118. The fourth-order valence-electron chi connectivity index (χ4n) is 3.25. The Morgan fingerprint density at radius 1 is 1.10 bits per heavy atom. The van der Waals surface area contributed by atoms with Gasteiger partial charge in [0.1, 0.15) is 29.8 Å². The maximum atomic E-state index is 13.0. The van der Waals surface area contributed by atoms with Gasteiger partial charge in [-0.05, 0) is 53.7 Å². The van der Waals surface area contributed by atoms with Crippen molar-refractivity contribution in [2.45, 2.75) is 19.0 Å². The van der Waals surface area contributed by atoms with E-state index in [1.165, 1.54) is 9.81 Å². The molecule has 5 rings (SSSR count). The Kier molecular flexibility index (Phi) is 4.64. The third-order valence-corrected chi connectivity index (χ3v) is 4.93. The minimum atomic E-state index is -0.369. The normalized spacial score (nSPS) is 16.1. The highest BCUT2D eigenvalue weighted by Crippen LogP contribution is 2.33. The lowest BCUT2D eigenvalue weighted by atomic mass is 10.1. The number of hydrogen-bond donors (Lipinski definition) is 0. The molecule has 9 nitrogen and oxygen atoms in total. The molecule has 0 fully saturated rings. The van der Waals surface area contributed by atoms with Crippen LogP contribution in [0.25, 0.3) is 11.4 Å². The van der Waals surface area contributed by atoms with E-state index in [1.54, 1.807) is 48.9 Å². The number of tetrazole rings is 1. The van der Waals surface area contributed by atoms with Crippen molar-refractivity contribution >= 4 is 23.2 Å². The van der Waals surface area contributed by atoms with Gasteiger partial charge < -0.3 is 8.83 Å². The van der Waals surface area contributed by atoms with E-state index >= 15 is 0 Å². The first-order valence-corrected chi connectivity index (χ1v) is 9.56. The topological polar surface area (TPSA) is 103 Å². The first kappa shape index (κ1) is 18.3. The van der Waals surface area contributed by atoms with Gasteiger partial charge in [-0.25, -0.2) is 5.01 Å². The van der Waals surface area contributed by atoms with E-state index in [4.69, 9.17) is 20.4 Å². The van der Waals surface area contributed by atoms with Crippen molar-refractivity contribution < 1.29 is 13.6 Å². The number of nitrogens with zero attached hydrogens (tertiary/aromatic N) is 6. The summed E-state index contributed by atoms with van der Waals surface area (Å²) in [7, 11) is 0. The minimum Gasteiger partial charge on any atom is -0.467 e. The highest BCUT2D eigenvalue weighted by Gasteiger charge is 2.36. The van der Waals surface area contributed by atoms with Crippen LogP contribution in [0.15, 0.2) is 75.0 Å². The second kappa shape index (κ2) is 7.60. The van der Waals surface area contributed by atoms with Gasteiger partial charge in [0, 0.05) is 17.0 Å². The summed E-state index contributed by atoms with van der Waals surface area (Å²) < 4.78 is 11.0. The number of benzene rings is 1. The first-order chi connectivity index (χ1) is 14.7. The van der Waals surface area contributed by atoms with Crippen LogP contribution in [0.2, 0.25) is 5.02 Å². The van der Waals surface area contributed by atoms with Crippen molar-refractivity contribution in [2.24, 2.45) is 5.10 Å². The van der Waals surface area contributed by atoms with E-state index < -0.39 is 0 Å². The molecular weight excluding hydrogens is 408 g/mol. The molecule has 1 unspecified atom stereocenters. The zero-order valence-corrected chi connectivity index (χ0v) is 16.3. The lowest BCUT2D eigenvalue weighted by Gasteiger charge is -2.19. The molecule has 1 amide bonds. The molecular formula is C20H15ClN6O3. The number of hydrogen-bond acceptors (Lipinski definition) is 7. The maximum absolute atomic E-state index is 13.0. The zero-order valence-electron chi connectivity index (χ0n) is 15.6. The Hall–Kier alpha value is -3.72. The summed E-state index contributed by atoms with van der Waals surface area (Å²) in [5.74, 6) is 1.37. The fourth-order valence-corrected chi connectivity index (χ4v) is 3.38. The number of carbonyl (C=O) groups excluding carboxylic acids is 1. The summed E-state index contributed by atoms with van der Waals surface area (Å²) in [4.78, 5) is 14.3. The van der Waals surface area contributed by atoms with Crippen molar-refractivity contribution in [3.63, 3.8) is 0 Å². The van der Waals surface area contributed by atoms with Gasteiger partial charge in [0.2, 0.25) is 5.82 Å². The van der Waals surface area contributed by atoms with Crippen molar-refractivity contribution in [1.29, 1.82) is 0 Å². The summed E-state index contributed by atoms with van der Waals surface area (Å²) >= 11 is 5.91. The monoisotopic (exact) mass is 422 g/mol. The molecule has 0 spiro atoms. The Bertz CT molecular complexity index is 1180. The van der Waals surface area contributed by atoms with Crippen LogP contribution in [0.4, 0.5) is 0 Å². The van der Waals surface area contributed by atoms with Gasteiger partial charge in [0.25, 0.3) is 5.91 Å². The smallest absolute Gasteiger partial charge is 0.267 e. The van der Waals surface area contributed by atoms with Crippen molar-refractivity contribution in [1.82, 2.24) is 25.2 Å². The lowest BCUT2D eigenvalue weighted by Crippen LogP contribution is -2.31. The van der Waals surface area contributed by atoms with Crippen molar-refractivity contribution in [3.05, 3.63) is 77.6 Å². The standard InChI is InChI=1S/C20H15ClN6O3/c21-14-7-5-13(6-8-14)20-22-25-26(24-20)12-19(28)27-16(18-4-2-10-30-18)11-15(23-27)17-3-1-9-29-17/h1-10,16H,11-12H2. The molecule has 0 saturated carbocycles. The third kappa shape index (κ3) is 3.50. The van der Waals surface area contributed by atoms with E-state index in [-0.39, 0.29) is 18.5 Å². The molecule has 0 bridgehead atoms. The SMILES string of the molecule is O=C(Cn1nnc(-c2ccc(Cl)cc2)n1)N1N=C(c2ccco2)CC1c1ccco1. The molecule has 0 radical (unpaired) electrons. The number of hydrazone groups is 1. The molecule has 1 atom stereocenters. The van der Waals surface area contributed by atoms with Crippen LogP contribution in [-0.2, 0) is 11.3 Å². The Balaban J connectivity index is 1.38. The number of aromatic nitrogens is 4. The summed E-state index contributed by atoms with van der Waals surface area (Å²) in [6.07, 6.45) is 3.62. The summed E-state index contributed by atoms with van der Waals surface area (Å²) in [5, 5.41) is 18.8. The largest absolute Gasteiger partial charge is 0.467 e. The highest BCUT2D eigenvalue weighted by molar-refractivity contribution is 6.30. The zero-order chi connectivity index (χ0) is 20.5. The predicted octanol–water partition coefficient (Wildman–Crippen LogP) is 3.56. The molecule has 0 saturated heterocycles. The van der Waals surface area contributed by atoms with Gasteiger partial charge in [-0.1, -0.05) is 11.6 Å². The van der Waals surface area contributed by atoms with Crippen LogP contribution in [0.1, 0.15) is 24.0 Å². The molecule has 1 aliphatic rings. The van der Waals surface area contributed by atoms with Crippen LogP contribution >= 0.6 is 11.6 Å². The van der Waals surface area contributed by atoms with Gasteiger partial charge in [-0.2, -0.15) is 9.90 Å². The molecule has 4 aromatic rings. The Labute approximate surface area is 175 Å². The highest BCUT2D eigenvalue weighted by atomic mass is 35.5. The summed E-state index contributed by atoms with van der Waals surface area (Å²) in [6.45, 7) is -0.118. The van der Waals surface area contributed by atoms with Gasteiger partial charge in [-0.15, -0.1) is 10.2 Å². The van der Waals surface area contributed by atoms with Gasteiger partial charge in [-0.3, -0.25) is 4.79 Å². The predicted molar refractivity (Wildman–Crippen MR) is 106 cm³/mol. The molecule has 0 aliphatic carbocycles. The van der Waals surface area contributed by atoms with Crippen LogP contribution in [0.5, 0.6) is 0 Å². The first-order valence-electron chi connectivity index (χ1n) is 9.18. The molecule has 150 valence electrons. The number of halogens is 1. The van der Waals surface area contributed by atoms with Crippen LogP contribution in [0.3, 0.4) is 0 Å². The third-order valence-electron chi connectivity index (χ3n) is 4.68. The van der Waals surface area contributed by atoms with Gasteiger partial charge >= 0.3 is 0 Å². The number of amides is 1. The van der Waals surface area contributed by atoms with Gasteiger partial charge in [0.05, 0.1) is 12.5 Å². The van der Waals surface area contributed by atoms with E-state index in [9.17, 15) is 4.79 Å². The van der Waals surface area contributed by atoms with Crippen molar-refractivity contribution in [3.8, 4) is 11.4 Å². The second-order valence-corrected chi connectivity index (χ2v) is 7.08. The average molecular weight is 423 g/mol. The quantitative estimate of drug-likeness (QED) is 0.487. The van der Waals surface area contributed by atoms with Crippen LogP contribution in [0, 0.1) is 0 Å². The fraction of sp³-hybridized carbons (Fsp3) is 0.150. The molecule has 1 aromatic carbocycles. The molecule has 1 aliphatic heterocycles. The van der Waals surface area contributed by atoms with E-state index in [0.29, 0.717) is 34.5 Å². The molecule has 4 heterocycles. The molecule has 10 heteroatoms. The van der Waals surface area contributed by atoms with E-state index in [1.807, 2.05) is 12.1 Å². The van der Waals surface area contributed by atoms with E-state index in [0.717, 1.165) is 5.56 Å². The van der Waals surface area contributed by atoms with Gasteiger partial charge in [0.15, 0.2) is 0 Å². The summed E-state index contributed by atoms with van der Waals surface area (Å²) in [5.41, 5.74) is 1.43. The maximum Gasteiger partial charge on any atom is 0.267 e. The van der Waals surface area contributed by atoms with Crippen molar-refractivity contribution in [2.75, 3.05) is 0 Å². The number of furan rings is 2. The molecule has 3 aromatic heterocycles. The number of rotatable bonds is 5. The van der Waals surface area contributed by atoms with Crippen LogP contribution in [-0.4, -0.2) is 36.8 Å². The second-order valence-electron chi connectivity index (χ2n) is 6.65. The Morgan fingerprint density at radius 3 is 2.63 bits per heavy atom. The lowest BCUT2D eigenvalue weighted by molar-refractivity contribution is -0.134. The van der Waals surface area contributed by atoms with E-state index in [2.05, 4.69) is 20.5 Å². The molecule has 30 heavy (non-hydrogen) atoms. The average Bonchev–Trinajstić information content (AvgIpc) is 3.55. The molecule has 0 N–H and O–H groups in total.